The minimum absolute atomic E-state index is 0.179. The highest BCUT2D eigenvalue weighted by Gasteiger charge is 2.22. The molecule has 1 aliphatic heterocycles. The number of piperidine rings is 1. The van der Waals surface area contributed by atoms with E-state index in [-0.39, 0.29) is 6.10 Å². The molecule has 2 fully saturated rings. The van der Waals surface area contributed by atoms with Crippen LogP contribution in [-0.2, 0) is 0 Å². The fourth-order valence-corrected chi connectivity index (χ4v) is 3.87. The van der Waals surface area contributed by atoms with Crippen LogP contribution >= 0.6 is 0 Å². The minimum atomic E-state index is -0.179. The van der Waals surface area contributed by atoms with Crippen molar-refractivity contribution in [2.75, 3.05) is 39.8 Å². The van der Waals surface area contributed by atoms with Gasteiger partial charge in [0.1, 0.15) is 0 Å². The molecule has 1 aliphatic carbocycles. The van der Waals surface area contributed by atoms with Gasteiger partial charge < -0.3 is 14.9 Å². The largest absolute Gasteiger partial charge is 0.392 e. The zero-order valence-corrected chi connectivity index (χ0v) is 12.9. The van der Waals surface area contributed by atoms with E-state index in [1.54, 1.807) is 0 Å². The molecule has 2 aliphatic rings. The van der Waals surface area contributed by atoms with Crippen LogP contribution in [0.5, 0.6) is 0 Å². The Labute approximate surface area is 119 Å². The third-order valence-electron chi connectivity index (χ3n) is 4.84. The van der Waals surface area contributed by atoms with Crippen molar-refractivity contribution in [3.8, 4) is 0 Å². The first kappa shape index (κ1) is 15.3. The molecule has 1 saturated heterocycles. The monoisotopic (exact) mass is 268 g/mol. The molecule has 0 aromatic rings. The van der Waals surface area contributed by atoms with Crippen LogP contribution in [0.2, 0.25) is 0 Å². The summed E-state index contributed by atoms with van der Waals surface area (Å²) in [6, 6.07) is 0. The average Bonchev–Trinajstić information content (AvgIpc) is 2.83. The van der Waals surface area contributed by atoms with E-state index in [1.165, 1.54) is 64.7 Å². The molecule has 0 spiro atoms. The smallest absolute Gasteiger partial charge is 0.0639 e. The van der Waals surface area contributed by atoms with E-state index in [0.29, 0.717) is 0 Å². The third-order valence-corrected chi connectivity index (χ3v) is 4.84. The van der Waals surface area contributed by atoms with E-state index in [2.05, 4.69) is 16.8 Å². The Hall–Kier alpha value is -0.120. The van der Waals surface area contributed by atoms with Crippen molar-refractivity contribution in [3.05, 3.63) is 0 Å². The minimum Gasteiger partial charge on any atom is -0.392 e. The number of aliphatic hydroxyl groups is 1. The molecule has 0 radical (unpaired) electrons. The van der Waals surface area contributed by atoms with Crippen molar-refractivity contribution in [1.82, 2.24) is 9.80 Å². The summed E-state index contributed by atoms with van der Waals surface area (Å²) in [5, 5.41) is 9.43. The van der Waals surface area contributed by atoms with Gasteiger partial charge in [-0.2, -0.15) is 0 Å². The number of β-amino-alcohol motifs (C(OH)–C–C–N with tert-alkyl or cyclic N) is 1. The Morgan fingerprint density at radius 2 is 1.58 bits per heavy atom. The van der Waals surface area contributed by atoms with E-state index >= 15 is 0 Å². The molecule has 3 heteroatoms. The maximum atomic E-state index is 9.43. The Bertz CT molecular complexity index is 243. The Morgan fingerprint density at radius 1 is 1.05 bits per heavy atom. The molecule has 0 bridgehead atoms. The average molecular weight is 268 g/mol. The molecule has 2 rings (SSSR count). The topological polar surface area (TPSA) is 26.7 Å². The summed E-state index contributed by atoms with van der Waals surface area (Å²) in [6.07, 6.45) is 8.26. The van der Waals surface area contributed by atoms with Gasteiger partial charge in [-0.3, -0.25) is 0 Å². The lowest BCUT2D eigenvalue weighted by molar-refractivity contribution is 0.0910. The van der Waals surface area contributed by atoms with Gasteiger partial charge in [0.25, 0.3) is 0 Å². The fraction of sp³-hybridized carbons (Fsp3) is 1.00. The van der Waals surface area contributed by atoms with Gasteiger partial charge in [0.2, 0.25) is 0 Å². The van der Waals surface area contributed by atoms with Crippen molar-refractivity contribution in [3.63, 3.8) is 0 Å². The zero-order valence-electron chi connectivity index (χ0n) is 12.9. The highest BCUT2D eigenvalue weighted by atomic mass is 16.3. The van der Waals surface area contributed by atoms with Crippen molar-refractivity contribution in [2.24, 2.45) is 11.8 Å². The maximum Gasteiger partial charge on any atom is 0.0639 e. The summed E-state index contributed by atoms with van der Waals surface area (Å²) in [5.41, 5.74) is 0. The lowest BCUT2D eigenvalue weighted by Gasteiger charge is -2.34. The predicted octanol–water partition coefficient (Wildman–Crippen LogP) is 2.20. The highest BCUT2D eigenvalue weighted by molar-refractivity contribution is 4.77. The summed E-state index contributed by atoms with van der Waals surface area (Å²) in [6.45, 7) is 7.68. The number of hydrogen-bond acceptors (Lipinski definition) is 3. The van der Waals surface area contributed by atoms with Gasteiger partial charge >= 0.3 is 0 Å². The lowest BCUT2D eigenvalue weighted by atomic mass is 9.95. The standard InChI is InChI=1S/C16H32N2O/c1-14(19)11-18-9-7-16(8-10-18)13-17(2)12-15-5-3-4-6-15/h14-16,19H,3-13H2,1-2H3. The Balaban J connectivity index is 1.61. The molecular weight excluding hydrogens is 236 g/mol. The van der Waals surface area contributed by atoms with E-state index < -0.39 is 0 Å². The van der Waals surface area contributed by atoms with Crippen LogP contribution in [0.3, 0.4) is 0 Å². The summed E-state index contributed by atoms with van der Waals surface area (Å²) >= 11 is 0. The molecule has 112 valence electrons. The van der Waals surface area contributed by atoms with Crippen LogP contribution in [0, 0.1) is 11.8 Å². The molecular formula is C16H32N2O. The van der Waals surface area contributed by atoms with Crippen LogP contribution in [0.1, 0.15) is 45.4 Å². The summed E-state index contributed by atoms with van der Waals surface area (Å²) in [7, 11) is 2.31. The highest BCUT2D eigenvalue weighted by Crippen LogP contribution is 2.26. The first-order chi connectivity index (χ1) is 9.13. The van der Waals surface area contributed by atoms with Gasteiger partial charge in [0.05, 0.1) is 6.10 Å². The maximum absolute atomic E-state index is 9.43. The molecule has 19 heavy (non-hydrogen) atoms. The molecule has 0 aromatic heterocycles. The van der Waals surface area contributed by atoms with Gasteiger partial charge in [0.15, 0.2) is 0 Å². The van der Waals surface area contributed by atoms with Gasteiger partial charge in [-0.25, -0.2) is 0 Å². The van der Waals surface area contributed by atoms with E-state index in [1.807, 2.05) is 6.92 Å². The van der Waals surface area contributed by atoms with E-state index in [0.717, 1.165) is 18.4 Å². The number of hydrogen-bond donors (Lipinski definition) is 1. The van der Waals surface area contributed by atoms with Crippen LogP contribution in [0.15, 0.2) is 0 Å². The molecule has 1 atom stereocenters. The number of likely N-dealkylation sites (tertiary alicyclic amines) is 1. The van der Waals surface area contributed by atoms with Gasteiger partial charge in [0, 0.05) is 19.6 Å². The molecule has 3 nitrogen and oxygen atoms in total. The lowest BCUT2D eigenvalue weighted by Crippen LogP contribution is -2.41. The van der Waals surface area contributed by atoms with Crippen LogP contribution in [0.25, 0.3) is 0 Å². The SMILES string of the molecule is CC(O)CN1CCC(CN(C)CC2CCCC2)CC1. The molecule has 1 unspecified atom stereocenters. The second kappa shape index (κ2) is 7.61. The predicted molar refractivity (Wildman–Crippen MR) is 80.3 cm³/mol. The van der Waals surface area contributed by atoms with Crippen molar-refractivity contribution >= 4 is 0 Å². The Kier molecular flexibility index (Phi) is 6.11. The fourth-order valence-electron chi connectivity index (χ4n) is 3.87. The van der Waals surface area contributed by atoms with Crippen molar-refractivity contribution < 1.29 is 5.11 Å². The number of rotatable bonds is 6. The van der Waals surface area contributed by atoms with Gasteiger partial charge in [-0.15, -0.1) is 0 Å². The molecule has 1 saturated carbocycles. The second-order valence-electron chi connectivity index (χ2n) is 6.96. The van der Waals surface area contributed by atoms with Gasteiger partial charge in [-0.05, 0) is 64.6 Å². The first-order valence-corrected chi connectivity index (χ1v) is 8.22. The summed E-state index contributed by atoms with van der Waals surface area (Å²) in [4.78, 5) is 4.99. The van der Waals surface area contributed by atoms with Crippen molar-refractivity contribution in [2.45, 2.75) is 51.6 Å². The zero-order chi connectivity index (χ0) is 13.7. The normalized spacial score (nSPS) is 25.3. The third kappa shape index (κ3) is 5.41. The molecule has 0 aromatic carbocycles. The number of nitrogens with zero attached hydrogens (tertiary/aromatic N) is 2. The van der Waals surface area contributed by atoms with Crippen LogP contribution in [0.4, 0.5) is 0 Å². The van der Waals surface area contributed by atoms with Crippen LogP contribution in [-0.4, -0.2) is 60.8 Å². The molecule has 0 amide bonds. The van der Waals surface area contributed by atoms with E-state index in [4.69, 9.17) is 0 Å². The molecule has 1 heterocycles. The second-order valence-corrected chi connectivity index (χ2v) is 6.96. The quantitative estimate of drug-likeness (QED) is 0.800. The van der Waals surface area contributed by atoms with E-state index in [9.17, 15) is 5.11 Å². The van der Waals surface area contributed by atoms with Gasteiger partial charge in [-0.1, -0.05) is 12.8 Å². The van der Waals surface area contributed by atoms with Crippen molar-refractivity contribution in [1.29, 1.82) is 0 Å². The number of aliphatic hydroxyl groups excluding tert-OH is 1. The Morgan fingerprint density at radius 3 is 2.11 bits per heavy atom. The molecule has 1 N–H and O–H groups in total. The summed E-state index contributed by atoms with van der Waals surface area (Å²) in [5.74, 6) is 1.84. The first-order valence-electron chi connectivity index (χ1n) is 8.22. The van der Waals surface area contributed by atoms with Crippen LogP contribution < -0.4 is 0 Å². The summed E-state index contributed by atoms with van der Waals surface area (Å²) < 4.78 is 0.